The third kappa shape index (κ3) is 5.11. The molecule has 0 radical (unpaired) electrons. The Labute approximate surface area is 173 Å². The van der Waals surface area contributed by atoms with Crippen molar-refractivity contribution in [2.24, 2.45) is 5.41 Å². The van der Waals surface area contributed by atoms with Crippen molar-refractivity contribution in [3.63, 3.8) is 0 Å². The van der Waals surface area contributed by atoms with Crippen molar-refractivity contribution >= 4 is 5.91 Å². The molecule has 1 heterocycles. The van der Waals surface area contributed by atoms with E-state index in [1.807, 2.05) is 0 Å². The predicted molar refractivity (Wildman–Crippen MR) is 105 cm³/mol. The number of aromatic hydroxyl groups is 1. The SMILES string of the molecule is CO[C@H](CNC(=O)C[C@H](c1cccnc1)C1(C(F)(F)F)CC1)Cc1ccc(O)cc1. The summed E-state index contributed by atoms with van der Waals surface area (Å²) in [6.45, 7) is 0.176. The molecule has 0 spiro atoms. The topological polar surface area (TPSA) is 71.5 Å². The van der Waals surface area contributed by atoms with Gasteiger partial charge in [-0.2, -0.15) is 13.2 Å². The first kappa shape index (κ1) is 22.1. The third-order valence-corrected chi connectivity index (χ3v) is 5.76. The fourth-order valence-electron chi connectivity index (χ4n) is 3.80. The number of phenols is 1. The minimum absolute atomic E-state index is 0.0187. The molecule has 2 aromatic rings. The Morgan fingerprint density at radius 3 is 2.50 bits per heavy atom. The smallest absolute Gasteiger partial charge is 0.395 e. The third-order valence-electron chi connectivity index (χ3n) is 5.76. The van der Waals surface area contributed by atoms with Crippen LogP contribution in [0.2, 0.25) is 0 Å². The van der Waals surface area contributed by atoms with E-state index in [-0.39, 0.29) is 37.7 Å². The fraction of sp³-hybridized carbons (Fsp3) is 0.455. The summed E-state index contributed by atoms with van der Waals surface area (Å²) in [5.74, 6) is -1.27. The number of hydrogen-bond acceptors (Lipinski definition) is 4. The van der Waals surface area contributed by atoms with Gasteiger partial charge in [0.15, 0.2) is 0 Å². The number of benzene rings is 1. The molecule has 0 bridgehead atoms. The van der Waals surface area contributed by atoms with Crippen molar-refractivity contribution in [2.45, 2.75) is 43.9 Å². The van der Waals surface area contributed by atoms with Gasteiger partial charge in [0.2, 0.25) is 5.91 Å². The molecule has 30 heavy (non-hydrogen) atoms. The highest BCUT2D eigenvalue weighted by molar-refractivity contribution is 5.77. The second-order valence-electron chi connectivity index (χ2n) is 7.73. The molecule has 8 heteroatoms. The van der Waals surface area contributed by atoms with E-state index in [0.717, 1.165) is 5.56 Å². The van der Waals surface area contributed by atoms with Crippen LogP contribution in [0.5, 0.6) is 5.75 Å². The Kier molecular flexibility index (Phi) is 6.65. The average molecular weight is 422 g/mol. The maximum Gasteiger partial charge on any atom is 0.395 e. The number of carbonyl (C=O) groups excluding carboxylic acids is 1. The van der Waals surface area contributed by atoms with Crippen LogP contribution in [-0.4, -0.2) is 41.9 Å². The summed E-state index contributed by atoms with van der Waals surface area (Å²) in [5, 5.41) is 12.1. The Balaban J connectivity index is 1.64. The minimum Gasteiger partial charge on any atom is -0.508 e. The number of ether oxygens (including phenoxy) is 1. The lowest BCUT2D eigenvalue weighted by atomic mass is 9.80. The van der Waals surface area contributed by atoms with E-state index in [1.165, 1.54) is 19.5 Å². The van der Waals surface area contributed by atoms with Crippen LogP contribution >= 0.6 is 0 Å². The normalized spacial score (nSPS) is 17.2. The van der Waals surface area contributed by atoms with Gasteiger partial charge < -0.3 is 15.2 Å². The zero-order chi connectivity index (χ0) is 21.8. The number of nitrogens with one attached hydrogen (secondary N) is 1. The number of carbonyl (C=O) groups is 1. The monoisotopic (exact) mass is 422 g/mol. The van der Waals surface area contributed by atoms with Gasteiger partial charge in [-0.3, -0.25) is 9.78 Å². The zero-order valence-corrected chi connectivity index (χ0v) is 16.7. The van der Waals surface area contributed by atoms with Gasteiger partial charge in [0, 0.05) is 44.8 Å². The number of rotatable bonds is 9. The first-order valence-corrected chi connectivity index (χ1v) is 9.79. The summed E-state index contributed by atoms with van der Waals surface area (Å²) in [5.41, 5.74) is -0.522. The van der Waals surface area contributed by atoms with E-state index < -0.39 is 23.4 Å². The van der Waals surface area contributed by atoms with Crippen LogP contribution in [0.3, 0.4) is 0 Å². The van der Waals surface area contributed by atoms with Crippen molar-refractivity contribution in [3.8, 4) is 5.75 Å². The van der Waals surface area contributed by atoms with Crippen LogP contribution in [0.4, 0.5) is 13.2 Å². The molecule has 2 atom stereocenters. The molecule has 162 valence electrons. The van der Waals surface area contributed by atoms with Gasteiger partial charge in [-0.05, 0) is 42.2 Å². The molecule has 1 saturated carbocycles. The number of pyridine rings is 1. The van der Waals surface area contributed by atoms with Crippen LogP contribution in [0.15, 0.2) is 48.8 Å². The summed E-state index contributed by atoms with van der Waals surface area (Å²) >= 11 is 0. The van der Waals surface area contributed by atoms with E-state index in [1.54, 1.807) is 36.4 Å². The number of aromatic nitrogens is 1. The van der Waals surface area contributed by atoms with Crippen molar-refractivity contribution in [1.82, 2.24) is 10.3 Å². The number of nitrogens with zero attached hydrogens (tertiary/aromatic N) is 1. The van der Waals surface area contributed by atoms with Gasteiger partial charge in [-0.1, -0.05) is 18.2 Å². The molecule has 0 saturated heterocycles. The summed E-state index contributed by atoms with van der Waals surface area (Å²) in [7, 11) is 1.51. The van der Waals surface area contributed by atoms with Crippen molar-refractivity contribution in [1.29, 1.82) is 0 Å². The standard InChI is InChI=1S/C22H25F3N2O3/c1-30-18(11-15-4-6-17(28)7-5-15)14-27-20(29)12-19(16-3-2-10-26-13-16)21(8-9-21)22(23,24)25/h2-7,10,13,18-19,28H,8-9,11-12,14H2,1H3,(H,27,29)/t18-,19+/m0/s1. The molecular formula is C22H25F3N2O3. The van der Waals surface area contributed by atoms with Crippen LogP contribution in [-0.2, 0) is 16.0 Å². The van der Waals surface area contributed by atoms with Gasteiger partial charge in [0.25, 0.3) is 0 Å². The highest BCUT2D eigenvalue weighted by atomic mass is 19.4. The van der Waals surface area contributed by atoms with Crippen LogP contribution < -0.4 is 5.32 Å². The van der Waals surface area contributed by atoms with Crippen molar-refractivity contribution in [3.05, 3.63) is 59.9 Å². The average Bonchev–Trinajstić information content (AvgIpc) is 3.53. The van der Waals surface area contributed by atoms with E-state index in [0.29, 0.717) is 12.0 Å². The quantitative estimate of drug-likeness (QED) is 0.641. The lowest BCUT2D eigenvalue weighted by Crippen LogP contribution is -2.38. The number of hydrogen-bond donors (Lipinski definition) is 2. The molecule has 2 N–H and O–H groups in total. The highest BCUT2D eigenvalue weighted by Gasteiger charge is 2.67. The summed E-state index contributed by atoms with van der Waals surface area (Å²) in [6, 6.07) is 9.81. The Hall–Kier alpha value is -2.61. The second-order valence-corrected chi connectivity index (χ2v) is 7.73. The van der Waals surface area contributed by atoms with E-state index in [9.17, 15) is 23.1 Å². The Bertz CT molecular complexity index is 837. The minimum atomic E-state index is -4.37. The van der Waals surface area contributed by atoms with Crippen molar-refractivity contribution in [2.75, 3.05) is 13.7 Å². The molecule has 3 rings (SSSR count). The van der Waals surface area contributed by atoms with Gasteiger partial charge in [-0.15, -0.1) is 0 Å². The summed E-state index contributed by atoms with van der Waals surface area (Å²) in [4.78, 5) is 16.5. The van der Waals surface area contributed by atoms with E-state index in [4.69, 9.17) is 4.74 Å². The second kappa shape index (κ2) is 9.04. The zero-order valence-electron chi connectivity index (χ0n) is 16.7. The Morgan fingerprint density at radius 1 is 1.27 bits per heavy atom. The molecule has 1 aromatic heterocycles. The van der Waals surface area contributed by atoms with E-state index >= 15 is 0 Å². The van der Waals surface area contributed by atoms with Gasteiger partial charge in [0.1, 0.15) is 5.75 Å². The molecule has 5 nitrogen and oxygen atoms in total. The molecule has 1 aromatic carbocycles. The predicted octanol–water partition coefficient (Wildman–Crippen LogP) is 3.98. The summed E-state index contributed by atoms with van der Waals surface area (Å²) < 4.78 is 46.6. The molecule has 0 aliphatic heterocycles. The first-order chi connectivity index (χ1) is 14.2. The number of halogens is 3. The lowest BCUT2D eigenvalue weighted by Gasteiger charge is -2.29. The highest BCUT2D eigenvalue weighted by Crippen LogP contribution is 2.66. The Morgan fingerprint density at radius 2 is 1.97 bits per heavy atom. The first-order valence-electron chi connectivity index (χ1n) is 9.79. The molecular weight excluding hydrogens is 397 g/mol. The van der Waals surface area contributed by atoms with Crippen LogP contribution in [0.25, 0.3) is 0 Å². The maximum absolute atomic E-state index is 13.7. The van der Waals surface area contributed by atoms with Crippen LogP contribution in [0, 0.1) is 5.41 Å². The fourth-order valence-corrected chi connectivity index (χ4v) is 3.80. The van der Waals surface area contributed by atoms with Crippen molar-refractivity contribution < 1.29 is 27.8 Å². The molecule has 1 aliphatic carbocycles. The number of methoxy groups -OCH3 is 1. The molecule has 1 aliphatic rings. The molecule has 1 fully saturated rings. The lowest BCUT2D eigenvalue weighted by molar-refractivity contribution is -0.194. The van der Waals surface area contributed by atoms with E-state index in [2.05, 4.69) is 10.3 Å². The molecule has 1 amide bonds. The van der Waals surface area contributed by atoms with Gasteiger partial charge >= 0.3 is 6.18 Å². The number of amides is 1. The molecule has 0 unspecified atom stereocenters. The van der Waals surface area contributed by atoms with Gasteiger partial charge in [-0.25, -0.2) is 0 Å². The number of phenolic OH excluding ortho intramolecular Hbond substituents is 1. The maximum atomic E-state index is 13.7. The van der Waals surface area contributed by atoms with Crippen LogP contribution in [0.1, 0.15) is 36.3 Å². The summed E-state index contributed by atoms with van der Waals surface area (Å²) in [6.07, 6.45) is -1.53. The van der Waals surface area contributed by atoms with Gasteiger partial charge in [0.05, 0.1) is 11.5 Å². The number of alkyl halides is 3. The largest absolute Gasteiger partial charge is 0.508 e.